The molecule has 86 valence electrons. The van der Waals surface area contributed by atoms with Crippen LogP contribution in [0.1, 0.15) is 0 Å². The van der Waals surface area contributed by atoms with Gasteiger partial charge in [-0.05, 0) is 22.0 Å². The average molecular weight is 303 g/mol. The highest BCUT2D eigenvalue weighted by Gasteiger charge is 2.07. The number of ether oxygens (including phenoxy) is 2. The molecule has 0 amide bonds. The first-order valence-corrected chi connectivity index (χ1v) is 6.29. The molecule has 1 heterocycles. The van der Waals surface area contributed by atoms with Crippen LogP contribution in [-0.2, 0) is 4.74 Å². The number of nitrogens with zero attached hydrogens (tertiary/aromatic N) is 1. The average Bonchev–Trinajstić information content (AvgIpc) is 2.58. The molecule has 0 aliphatic heterocycles. The van der Waals surface area contributed by atoms with E-state index in [0.717, 1.165) is 20.4 Å². The summed E-state index contributed by atoms with van der Waals surface area (Å²) in [5, 5.41) is 0.566. The molecule has 0 bridgehead atoms. The zero-order valence-electron chi connectivity index (χ0n) is 8.70. The number of hydrogen-bond donors (Lipinski definition) is 1. The molecule has 0 atom stereocenters. The second kappa shape index (κ2) is 4.99. The van der Waals surface area contributed by atoms with Crippen LogP contribution < -0.4 is 10.5 Å². The molecular weight excluding hydrogens is 292 g/mol. The summed E-state index contributed by atoms with van der Waals surface area (Å²) < 4.78 is 12.4. The maximum atomic E-state index is 5.64. The number of halogens is 1. The Bertz CT molecular complexity index is 501. The number of benzene rings is 1. The lowest BCUT2D eigenvalue weighted by molar-refractivity contribution is 0.146. The fourth-order valence-corrected chi connectivity index (χ4v) is 2.66. The lowest BCUT2D eigenvalue weighted by Crippen LogP contribution is -2.04. The van der Waals surface area contributed by atoms with Gasteiger partial charge in [0.05, 0.1) is 21.3 Å². The van der Waals surface area contributed by atoms with Gasteiger partial charge in [-0.1, -0.05) is 11.3 Å². The molecule has 0 unspecified atom stereocenters. The molecule has 1 aromatic carbocycles. The van der Waals surface area contributed by atoms with E-state index < -0.39 is 0 Å². The summed E-state index contributed by atoms with van der Waals surface area (Å²) >= 11 is 4.91. The summed E-state index contributed by atoms with van der Waals surface area (Å²) in [6, 6.07) is 3.84. The molecule has 4 nitrogen and oxygen atoms in total. The number of aromatic nitrogens is 1. The molecule has 0 spiro atoms. The highest BCUT2D eigenvalue weighted by molar-refractivity contribution is 9.10. The first-order chi connectivity index (χ1) is 7.70. The number of nitrogen functional groups attached to an aromatic ring is 1. The molecule has 0 aliphatic carbocycles. The SMILES string of the molecule is COCCOc1cc2nc(N)sc2cc1Br. The second-order valence-corrected chi connectivity index (χ2v) is 5.06. The van der Waals surface area contributed by atoms with Gasteiger partial charge in [0, 0.05) is 13.2 Å². The van der Waals surface area contributed by atoms with Gasteiger partial charge < -0.3 is 15.2 Å². The second-order valence-electron chi connectivity index (χ2n) is 3.14. The highest BCUT2D eigenvalue weighted by Crippen LogP contribution is 2.33. The van der Waals surface area contributed by atoms with Crippen molar-refractivity contribution in [3.63, 3.8) is 0 Å². The smallest absolute Gasteiger partial charge is 0.181 e. The topological polar surface area (TPSA) is 57.4 Å². The Morgan fingerprint density at radius 2 is 2.25 bits per heavy atom. The highest BCUT2D eigenvalue weighted by atomic mass is 79.9. The van der Waals surface area contributed by atoms with Gasteiger partial charge in [0.15, 0.2) is 5.13 Å². The molecule has 0 saturated carbocycles. The Balaban J connectivity index is 2.27. The van der Waals surface area contributed by atoms with Crippen LogP contribution in [0.15, 0.2) is 16.6 Å². The van der Waals surface area contributed by atoms with Gasteiger partial charge in [-0.25, -0.2) is 4.98 Å². The van der Waals surface area contributed by atoms with E-state index >= 15 is 0 Å². The van der Waals surface area contributed by atoms with Crippen LogP contribution >= 0.6 is 27.3 Å². The number of methoxy groups -OCH3 is 1. The van der Waals surface area contributed by atoms with Crippen LogP contribution in [-0.4, -0.2) is 25.3 Å². The first-order valence-electron chi connectivity index (χ1n) is 4.68. The van der Waals surface area contributed by atoms with E-state index in [4.69, 9.17) is 15.2 Å². The summed E-state index contributed by atoms with van der Waals surface area (Å²) in [5.41, 5.74) is 6.50. The van der Waals surface area contributed by atoms with Crippen molar-refractivity contribution in [2.45, 2.75) is 0 Å². The number of rotatable bonds is 4. The van der Waals surface area contributed by atoms with E-state index in [1.54, 1.807) is 7.11 Å². The molecule has 0 radical (unpaired) electrons. The summed E-state index contributed by atoms with van der Waals surface area (Å²) in [7, 11) is 1.64. The maximum absolute atomic E-state index is 5.64. The van der Waals surface area contributed by atoms with Crippen LogP contribution in [0.4, 0.5) is 5.13 Å². The summed E-state index contributed by atoms with van der Waals surface area (Å²) in [4.78, 5) is 4.21. The zero-order valence-corrected chi connectivity index (χ0v) is 11.1. The predicted molar refractivity (Wildman–Crippen MR) is 69.1 cm³/mol. The van der Waals surface area contributed by atoms with Crippen LogP contribution in [0.3, 0.4) is 0 Å². The minimum atomic E-state index is 0.514. The van der Waals surface area contributed by atoms with Crippen LogP contribution in [0.25, 0.3) is 10.2 Å². The van der Waals surface area contributed by atoms with E-state index in [1.807, 2.05) is 12.1 Å². The largest absolute Gasteiger partial charge is 0.490 e. The van der Waals surface area contributed by atoms with Crippen molar-refractivity contribution in [1.82, 2.24) is 4.98 Å². The summed E-state index contributed by atoms with van der Waals surface area (Å²) in [6.45, 7) is 1.07. The van der Waals surface area contributed by atoms with Gasteiger partial charge in [0.1, 0.15) is 12.4 Å². The molecule has 6 heteroatoms. The molecule has 2 N–H and O–H groups in total. The minimum absolute atomic E-state index is 0.514. The number of anilines is 1. The van der Waals surface area contributed by atoms with Crippen molar-refractivity contribution in [3.8, 4) is 5.75 Å². The van der Waals surface area contributed by atoms with E-state index in [2.05, 4.69) is 20.9 Å². The Morgan fingerprint density at radius 3 is 3.00 bits per heavy atom. The Labute approximate surface area is 106 Å². The lowest BCUT2D eigenvalue weighted by Gasteiger charge is -2.07. The lowest BCUT2D eigenvalue weighted by atomic mass is 10.3. The van der Waals surface area contributed by atoms with E-state index in [1.165, 1.54) is 11.3 Å². The summed E-state index contributed by atoms with van der Waals surface area (Å²) in [6.07, 6.45) is 0. The maximum Gasteiger partial charge on any atom is 0.181 e. The molecular formula is C10H11BrN2O2S. The molecule has 0 fully saturated rings. The van der Waals surface area contributed by atoms with Crippen LogP contribution in [0.2, 0.25) is 0 Å². The molecule has 16 heavy (non-hydrogen) atoms. The van der Waals surface area contributed by atoms with Crippen molar-refractivity contribution in [2.24, 2.45) is 0 Å². The van der Waals surface area contributed by atoms with Crippen molar-refractivity contribution in [3.05, 3.63) is 16.6 Å². The minimum Gasteiger partial charge on any atom is -0.490 e. The van der Waals surface area contributed by atoms with Crippen molar-refractivity contribution < 1.29 is 9.47 Å². The van der Waals surface area contributed by atoms with Crippen molar-refractivity contribution in [1.29, 1.82) is 0 Å². The standard InChI is InChI=1S/C10H11BrN2O2S/c1-14-2-3-15-8-5-7-9(4-6(8)11)16-10(12)13-7/h4-5H,2-3H2,1H3,(H2,12,13). The fourth-order valence-electron chi connectivity index (χ4n) is 1.29. The van der Waals surface area contributed by atoms with Gasteiger partial charge in [0.2, 0.25) is 0 Å². The van der Waals surface area contributed by atoms with Gasteiger partial charge in [-0.3, -0.25) is 0 Å². The van der Waals surface area contributed by atoms with Crippen molar-refractivity contribution in [2.75, 3.05) is 26.1 Å². The number of fused-ring (bicyclic) bond motifs is 1. The van der Waals surface area contributed by atoms with E-state index in [-0.39, 0.29) is 0 Å². The number of thiazole rings is 1. The molecule has 2 aromatic rings. The predicted octanol–water partition coefficient (Wildman–Crippen LogP) is 2.67. The molecule has 0 saturated heterocycles. The zero-order chi connectivity index (χ0) is 11.5. The number of nitrogens with two attached hydrogens (primary N) is 1. The third-order valence-corrected chi connectivity index (χ3v) is 3.47. The van der Waals surface area contributed by atoms with E-state index in [9.17, 15) is 0 Å². The van der Waals surface area contributed by atoms with Gasteiger partial charge in [-0.15, -0.1) is 0 Å². The van der Waals surface area contributed by atoms with Crippen molar-refractivity contribution >= 4 is 42.6 Å². The quantitative estimate of drug-likeness (QED) is 0.882. The summed E-state index contributed by atoms with van der Waals surface area (Å²) in [5.74, 6) is 0.759. The van der Waals surface area contributed by atoms with Gasteiger partial charge >= 0.3 is 0 Å². The molecule has 2 rings (SSSR count). The third-order valence-electron chi connectivity index (χ3n) is 2.00. The van der Waals surface area contributed by atoms with E-state index in [0.29, 0.717) is 18.3 Å². The Hall–Kier alpha value is -0.850. The number of hydrogen-bond acceptors (Lipinski definition) is 5. The molecule has 1 aromatic heterocycles. The molecule has 0 aliphatic rings. The normalized spacial score (nSPS) is 10.9. The van der Waals surface area contributed by atoms with Crippen LogP contribution in [0, 0.1) is 0 Å². The fraction of sp³-hybridized carbons (Fsp3) is 0.300. The Morgan fingerprint density at radius 1 is 1.44 bits per heavy atom. The Kier molecular flexibility index (Phi) is 3.63. The first kappa shape index (κ1) is 11.6. The van der Waals surface area contributed by atoms with Gasteiger partial charge in [0.25, 0.3) is 0 Å². The van der Waals surface area contributed by atoms with Gasteiger partial charge in [-0.2, -0.15) is 0 Å². The van der Waals surface area contributed by atoms with Crippen LogP contribution in [0.5, 0.6) is 5.75 Å². The monoisotopic (exact) mass is 302 g/mol. The third kappa shape index (κ3) is 2.45.